The van der Waals surface area contributed by atoms with Gasteiger partial charge >= 0.3 is 0 Å². The molecular formula is C14H17BrO3. The summed E-state index contributed by atoms with van der Waals surface area (Å²) in [6, 6.07) is 7.78. The highest BCUT2D eigenvalue weighted by Crippen LogP contribution is 2.26. The molecule has 0 aromatic heterocycles. The van der Waals surface area contributed by atoms with Crippen molar-refractivity contribution >= 4 is 15.9 Å². The van der Waals surface area contributed by atoms with Crippen LogP contribution in [0.1, 0.15) is 18.3 Å². The lowest BCUT2D eigenvalue weighted by Crippen LogP contribution is -2.15. The Kier molecular flexibility index (Phi) is 5.23. The fourth-order valence-corrected chi connectivity index (χ4v) is 2.25. The van der Waals surface area contributed by atoms with Gasteiger partial charge in [-0.2, -0.15) is 0 Å². The molecule has 3 nitrogen and oxygen atoms in total. The number of rotatable bonds is 4. The minimum Gasteiger partial charge on any atom is -0.497 e. The summed E-state index contributed by atoms with van der Waals surface area (Å²) in [5.41, 5.74) is 1.01. The Hall–Kier alpha value is -0.840. The van der Waals surface area contributed by atoms with Crippen LogP contribution in [0.2, 0.25) is 0 Å². The summed E-state index contributed by atoms with van der Waals surface area (Å²) >= 11 is 3.43. The number of hydrogen-bond donors (Lipinski definition) is 0. The second kappa shape index (κ2) is 6.92. The Morgan fingerprint density at radius 1 is 1.33 bits per heavy atom. The molecule has 18 heavy (non-hydrogen) atoms. The number of alkyl halides is 1. The Bertz CT molecular complexity index is 389. The molecule has 0 spiro atoms. The summed E-state index contributed by atoms with van der Waals surface area (Å²) in [6.07, 6.45) is 4.79. The second-order valence-corrected chi connectivity index (χ2v) is 4.81. The highest BCUT2D eigenvalue weighted by molar-refractivity contribution is 9.09. The summed E-state index contributed by atoms with van der Waals surface area (Å²) in [5, 5.41) is 0.914. The van der Waals surface area contributed by atoms with Crippen molar-refractivity contribution in [2.24, 2.45) is 0 Å². The zero-order valence-electron chi connectivity index (χ0n) is 10.3. The first-order valence-corrected chi connectivity index (χ1v) is 7.09. The number of ether oxygens (including phenoxy) is 3. The van der Waals surface area contributed by atoms with Crippen LogP contribution in [0.15, 0.2) is 36.4 Å². The number of benzene rings is 1. The Labute approximate surface area is 116 Å². The third-order valence-electron chi connectivity index (χ3n) is 2.77. The Morgan fingerprint density at radius 3 is 2.78 bits per heavy atom. The van der Waals surface area contributed by atoms with E-state index in [0.717, 1.165) is 23.1 Å². The van der Waals surface area contributed by atoms with Crippen LogP contribution in [0, 0.1) is 0 Å². The average molecular weight is 313 g/mol. The standard InChI is InChI=1S/C14H17BrO3/c1-16-12-6-4-11(5-7-12)14-17-10-2-3-13(18-14)8-9-15/h2-7,13-14H,8-10H2,1H3. The smallest absolute Gasteiger partial charge is 0.184 e. The molecule has 2 rings (SSSR count). The highest BCUT2D eigenvalue weighted by Gasteiger charge is 2.19. The second-order valence-electron chi connectivity index (χ2n) is 4.02. The van der Waals surface area contributed by atoms with Gasteiger partial charge in [0.2, 0.25) is 0 Å². The minimum atomic E-state index is -0.310. The molecule has 0 aliphatic carbocycles. The maximum Gasteiger partial charge on any atom is 0.184 e. The van der Waals surface area contributed by atoms with Crippen LogP contribution < -0.4 is 4.74 Å². The summed E-state index contributed by atoms with van der Waals surface area (Å²) in [5.74, 6) is 0.836. The molecule has 98 valence electrons. The molecule has 1 aromatic rings. The van der Waals surface area contributed by atoms with E-state index >= 15 is 0 Å². The molecule has 0 saturated carbocycles. The fraction of sp³-hybridized carbons (Fsp3) is 0.429. The summed E-state index contributed by atoms with van der Waals surface area (Å²) in [4.78, 5) is 0. The van der Waals surface area contributed by atoms with Gasteiger partial charge in [-0.3, -0.25) is 0 Å². The van der Waals surface area contributed by atoms with Crippen LogP contribution in [-0.4, -0.2) is 25.2 Å². The maximum absolute atomic E-state index is 5.93. The van der Waals surface area contributed by atoms with Gasteiger partial charge in [0, 0.05) is 10.9 Å². The van der Waals surface area contributed by atoms with Crippen molar-refractivity contribution in [2.75, 3.05) is 19.0 Å². The first-order valence-electron chi connectivity index (χ1n) is 5.97. The molecule has 2 unspecified atom stereocenters. The quantitative estimate of drug-likeness (QED) is 0.629. The van der Waals surface area contributed by atoms with Gasteiger partial charge in [0.1, 0.15) is 5.75 Å². The average Bonchev–Trinajstić information content (AvgIpc) is 2.65. The monoisotopic (exact) mass is 312 g/mol. The van der Waals surface area contributed by atoms with Gasteiger partial charge in [0.15, 0.2) is 6.29 Å². The van der Waals surface area contributed by atoms with E-state index in [4.69, 9.17) is 14.2 Å². The van der Waals surface area contributed by atoms with Gasteiger partial charge in [-0.05, 0) is 18.6 Å². The molecule has 0 radical (unpaired) electrons. The van der Waals surface area contributed by atoms with Crippen molar-refractivity contribution in [3.63, 3.8) is 0 Å². The molecule has 4 heteroatoms. The topological polar surface area (TPSA) is 27.7 Å². The molecular weight excluding hydrogens is 296 g/mol. The number of halogens is 1. The SMILES string of the molecule is COc1ccc(C2OCC=CC(CCBr)O2)cc1. The lowest BCUT2D eigenvalue weighted by Gasteiger charge is -2.20. The van der Waals surface area contributed by atoms with Gasteiger partial charge in [-0.1, -0.05) is 40.2 Å². The van der Waals surface area contributed by atoms with E-state index in [0.29, 0.717) is 6.61 Å². The summed E-state index contributed by atoms with van der Waals surface area (Å²) in [7, 11) is 1.66. The van der Waals surface area contributed by atoms with E-state index in [2.05, 4.69) is 22.0 Å². The maximum atomic E-state index is 5.93. The summed E-state index contributed by atoms with van der Waals surface area (Å²) < 4.78 is 16.7. The molecule has 1 aromatic carbocycles. The third kappa shape index (κ3) is 3.57. The van der Waals surface area contributed by atoms with E-state index < -0.39 is 0 Å². The van der Waals surface area contributed by atoms with Gasteiger partial charge in [-0.15, -0.1) is 0 Å². The van der Waals surface area contributed by atoms with E-state index in [-0.39, 0.29) is 12.4 Å². The van der Waals surface area contributed by atoms with E-state index in [1.54, 1.807) is 7.11 Å². The zero-order valence-corrected chi connectivity index (χ0v) is 11.9. The highest BCUT2D eigenvalue weighted by atomic mass is 79.9. The molecule has 0 amide bonds. The predicted octanol–water partition coefficient (Wildman–Crippen LogP) is 3.45. The first-order chi connectivity index (χ1) is 8.83. The molecule has 1 aliphatic rings. The lowest BCUT2D eigenvalue weighted by atomic mass is 10.2. The van der Waals surface area contributed by atoms with Gasteiger partial charge in [0.25, 0.3) is 0 Å². The van der Waals surface area contributed by atoms with Crippen LogP contribution >= 0.6 is 15.9 Å². The predicted molar refractivity (Wildman–Crippen MR) is 74.1 cm³/mol. The van der Waals surface area contributed by atoms with Gasteiger partial charge in [-0.25, -0.2) is 0 Å². The summed E-state index contributed by atoms with van der Waals surface area (Å²) in [6.45, 7) is 0.579. The Balaban J connectivity index is 2.06. The van der Waals surface area contributed by atoms with Crippen LogP contribution in [0.5, 0.6) is 5.75 Å². The number of methoxy groups -OCH3 is 1. The van der Waals surface area contributed by atoms with Crippen molar-refractivity contribution in [3.8, 4) is 5.75 Å². The first kappa shape index (κ1) is 13.6. The molecule has 0 fully saturated rings. The molecule has 0 bridgehead atoms. The Morgan fingerprint density at radius 2 is 2.11 bits per heavy atom. The number of hydrogen-bond acceptors (Lipinski definition) is 3. The molecule has 1 heterocycles. The van der Waals surface area contributed by atoms with Crippen molar-refractivity contribution < 1.29 is 14.2 Å². The van der Waals surface area contributed by atoms with Crippen LogP contribution in [0.3, 0.4) is 0 Å². The molecule has 0 N–H and O–H groups in total. The van der Waals surface area contributed by atoms with Crippen LogP contribution in [0.4, 0.5) is 0 Å². The van der Waals surface area contributed by atoms with Gasteiger partial charge in [0.05, 0.1) is 19.8 Å². The van der Waals surface area contributed by atoms with Crippen molar-refractivity contribution in [1.29, 1.82) is 0 Å². The third-order valence-corrected chi connectivity index (χ3v) is 3.23. The van der Waals surface area contributed by atoms with Crippen LogP contribution in [-0.2, 0) is 9.47 Å². The largest absolute Gasteiger partial charge is 0.497 e. The van der Waals surface area contributed by atoms with Crippen LogP contribution in [0.25, 0.3) is 0 Å². The molecule has 1 aliphatic heterocycles. The van der Waals surface area contributed by atoms with E-state index in [9.17, 15) is 0 Å². The minimum absolute atomic E-state index is 0.0963. The van der Waals surface area contributed by atoms with Crippen molar-refractivity contribution in [3.05, 3.63) is 42.0 Å². The van der Waals surface area contributed by atoms with Gasteiger partial charge < -0.3 is 14.2 Å². The van der Waals surface area contributed by atoms with Crippen molar-refractivity contribution in [2.45, 2.75) is 18.8 Å². The normalized spacial score (nSPS) is 23.7. The molecule has 2 atom stereocenters. The molecule has 0 saturated heterocycles. The van der Waals surface area contributed by atoms with E-state index in [1.807, 2.05) is 30.3 Å². The zero-order chi connectivity index (χ0) is 12.8. The lowest BCUT2D eigenvalue weighted by molar-refractivity contribution is -0.152. The van der Waals surface area contributed by atoms with E-state index in [1.165, 1.54) is 0 Å². The fourth-order valence-electron chi connectivity index (χ4n) is 1.80. The van der Waals surface area contributed by atoms with Crippen molar-refractivity contribution in [1.82, 2.24) is 0 Å².